The maximum Gasteiger partial charge on any atom is 0.344 e. The Morgan fingerprint density at radius 1 is 1.04 bits per heavy atom. The monoisotopic (exact) mass is 391 g/mol. The molecule has 2 aromatic rings. The van der Waals surface area contributed by atoms with Crippen molar-refractivity contribution in [3.63, 3.8) is 0 Å². The summed E-state index contributed by atoms with van der Waals surface area (Å²) >= 11 is 5.99. The van der Waals surface area contributed by atoms with E-state index >= 15 is 0 Å². The predicted molar refractivity (Wildman–Crippen MR) is 103 cm³/mol. The van der Waals surface area contributed by atoms with Crippen molar-refractivity contribution in [3.05, 3.63) is 53.6 Å². The van der Waals surface area contributed by atoms with Gasteiger partial charge in [-0.2, -0.15) is 0 Å². The van der Waals surface area contributed by atoms with Crippen LogP contribution in [0.15, 0.2) is 48.5 Å². The summed E-state index contributed by atoms with van der Waals surface area (Å²) in [4.78, 5) is 24.1. The average Bonchev–Trinajstić information content (AvgIpc) is 2.67. The van der Waals surface area contributed by atoms with Gasteiger partial charge in [-0.15, -0.1) is 0 Å². The zero-order valence-corrected chi connectivity index (χ0v) is 16.0. The van der Waals surface area contributed by atoms with Crippen LogP contribution >= 0.6 is 11.6 Å². The van der Waals surface area contributed by atoms with Crippen molar-refractivity contribution in [1.82, 2.24) is 0 Å². The van der Waals surface area contributed by atoms with Crippen LogP contribution in [0.3, 0.4) is 0 Å². The van der Waals surface area contributed by atoms with Crippen molar-refractivity contribution in [3.8, 4) is 11.5 Å². The number of carbonyl (C=O) groups excluding carboxylic acids is 2. The minimum absolute atomic E-state index is 0.337. The van der Waals surface area contributed by atoms with Gasteiger partial charge in [0.05, 0.1) is 17.3 Å². The van der Waals surface area contributed by atoms with Crippen LogP contribution in [0.4, 0.5) is 5.69 Å². The Hall–Kier alpha value is -2.73. The van der Waals surface area contributed by atoms with Gasteiger partial charge in [0.15, 0.2) is 24.2 Å². The van der Waals surface area contributed by atoms with Gasteiger partial charge in [0.2, 0.25) is 0 Å². The van der Waals surface area contributed by atoms with Crippen LogP contribution in [0.2, 0.25) is 5.02 Å². The van der Waals surface area contributed by atoms with E-state index in [0.717, 1.165) is 6.42 Å². The molecule has 27 heavy (non-hydrogen) atoms. The molecule has 0 fully saturated rings. The number of benzene rings is 2. The number of ether oxygens (including phenoxy) is 3. The van der Waals surface area contributed by atoms with Gasteiger partial charge >= 0.3 is 5.97 Å². The van der Waals surface area contributed by atoms with Crippen LogP contribution in [0.1, 0.15) is 20.3 Å². The molecule has 7 heteroatoms. The second-order valence-corrected chi connectivity index (χ2v) is 6.09. The average molecular weight is 392 g/mol. The first kappa shape index (κ1) is 20.6. The van der Waals surface area contributed by atoms with Gasteiger partial charge in [-0.3, -0.25) is 4.79 Å². The minimum atomic E-state index is -0.996. The normalized spacial score (nSPS) is 11.4. The van der Waals surface area contributed by atoms with Gasteiger partial charge in [-0.25, -0.2) is 4.79 Å². The Kier molecular flexibility index (Phi) is 7.95. The van der Waals surface area contributed by atoms with Crippen molar-refractivity contribution < 1.29 is 23.8 Å². The molecule has 0 aliphatic heterocycles. The molecular formula is C20H22ClNO5. The van der Waals surface area contributed by atoms with Crippen molar-refractivity contribution in [2.24, 2.45) is 0 Å². The zero-order valence-electron chi connectivity index (χ0n) is 15.2. The maximum atomic E-state index is 12.1. The highest BCUT2D eigenvalue weighted by Crippen LogP contribution is 2.26. The topological polar surface area (TPSA) is 73.9 Å². The van der Waals surface area contributed by atoms with Gasteiger partial charge in [0.25, 0.3) is 5.91 Å². The van der Waals surface area contributed by atoms with E-state index in [2.05, 4.69) is 5.32 Å². The van der Waals surface area contributed by atoms with Crippen LogP contribution < -0.4 is 14.8 Å². The van der Waals surface area contributed by atoms with E-state index < -0.39 is 18.0 Å². The molecule has 1 amide bonds. The summed E-state index contributed by atoms with van der Waals surface area (Å²) in [5, 5.41) is 3.01. The molecule has 0 saturated heterocycles. The Balaban J connectivity index is 1.85. The molecule has 0 unspecified atom stereocenters. The summed E-state index contributed by atoms with van der Waals surface area (Å²) in [7, 11) is 0. The summed E-state index contributed by atoms with van der Waals surface area (Å²) in [6.45, 7) is 3.68. The number of para-hydroxylation sites is 3. The molecule has 0 spiro atoms. The molecule has 0 radical (unpaired) electrons. The third-order valence-corrected chi connectivity index (χ3v) is 3.80. The molecule has 1 N–H and O–H groups in total. The number of halogens is 1. The van der Waals surface area contributed by atoms with E-state index in [4.69, 9.17) is 25.8 Å². The van der Waals surface area contributed by atoms with E-state index in [1.54, 1.807) is 42.5 Å². The molecule has 144 valence electrons. The summed E-state index contributed by atoms with van der Waals surface area (Å²) < 4.78 is 16.1. The SMILES string of the molecule is CCCOc1ccccc1OCC(=O)O[C@@H](C)C(=O)Nc1ccccc1Cl. The Labute approximate surface area is 163 Å². The molecule has 2 rings (SSSR count). The second kappa shape index (κ2) is 10.4. The lowest BCUT2D eigenvalue weighted by molar-refractivity contribution is -0.155. The number of amides is 1. The van der Waals surface area contributed by atoms with Crippen molar-refractivity contribution >= 4 is 29.2 Å². The highest BCUT2D eigenvalue weighted by Gasteiger charge is 2.19. The van der Waals surface area contributed by atoms with Crippen molar-refractivity contribution in [1.29, 1.82) is 0 Å². The lowest BCUT2D eigenvalue weighted by Gasteiger charge is -2.15. The Bertz CT molecular complexity index is 780. The lowest BCUT2D eigenvalue weighted by atomic mass is 10.3. The summed E-state index contributed by atoms with van der Waals surface area (Å²) in [5.74, 6) is -0.155. The third kappa shape index (κ3) is 6.49. The number of carbonyl (C=O) groups is 2. The fraction of sp³-hybridized carbons (Fsp3) is 0.300. The molecular weight excluding hydrogens is 370 g/mol. The van der Waals surface area contributed by atoms with E-state index in [0.29, 0.717) is 28.8 Å². The zero-order chi connectivity index (χ0) is 19.6. The molecule has 0 aliphatic carbocycles. The lowest BCUT2D eigenvalue weighted by Crippen LogP contribution is -2.31. The molecule has 1 atom stereocenters. The van der Waals surface area contributed by atoms with Crippen LogP contribution in [0, 0.1) is 0 Å². The van der Waals surface area contributed by atoms with E-state index in [9.17, 15) is 9.59 Å². The fourth-order valence-electron chi connectivity index (χ4n) is 2.12. The van der Waals surface area contributed by atoms with Crippen molar-refractivity contribution in [2.45, 2.75) is 26.4 Å². The first-order chi connectivity index (χ1) is 13.0. The summed E-state index contributed by atoms with van der Waals surface area (Å²) in [6, 6.07) is 13.9. The van der Waals surface area contributed by atoms with Gasteiger partial charge in [0, 0.05) is 0 Å². The smallest absolute Gasteiger partial charge is 0.344 e. The molecule has 0 saturated carbocycles. The third-order valence-electron chi connectivity index (χ3n) is 3.47. The largest absolute Gasteiger partial charge is 0.490 e. The molecule has 2 aromatic carbocycles. The van der Waals surface area contributed by atoms with Crippen LogP contribution in [-0.4, -0.2) is 31.2 Å². The van der Waals surface area contributed by atoms with E-state index in [1.807, 2.05) is 13.0 Å². The van der Waals surface area contributed by atoms with Crippen LogP contribution in [0.5, 0.6) is 11.5 Å². The van der Waals surface area contributed by atoms with Crippen LogP contribution in [0.25, 0.3) is 0 Å². The number of hydrogen-bond donors (Lipinski definition) is 1. The van der Waals surface area contributed by atoms with Gasteiger partial charge < -0.3 is 19.5 Å². The number of esters is 1. The predicted octanol–water partition coefficient (Wildman–Crippen LogP) is 4.08. The molecule has 0 aromatic heterocycles. The number of rotatable bonds is 9. The molecule has 0 bridgehead atoms. The fourth-order valence-corrected chi connectivity index (χ4v) is 2.30. The standard InChI is InChI=1S/C20H22ClNO5/c1-3-12-25-17-10-6-7-11-18(17)26-13-19(23)27-14(2)20(24)22-16-9-5-4-8-15(16)21/h4-11,14H,3,12-13H2,1-2H3,(H,22,24)/t14-/m0/s1. The second-order valence-electron chi connectivity index (χ2n) is 5.69. The maximum absolute atomic E-state index is 12.1. The molecule has 0 aliphatic rings. The molecule has 0 heterocycles. The van der Waals surface area contributed by atoms with Gasteiger partial charge in [0.1, 0.15) is 0 Å². The minimum Gasteiger partial charge on any atom is -0.490 e. The number of hydrogen-bond acceptors (Lipinski definition) is 5. The first-order valence-corrected chi connectivity index (χ1v) is 8.98. The highest BCUT2D eigenvalue weighted by molar-refractivity contribution is 6.33. The van der Waals surface area contributed by atoms with Gasteiger partial charge in [-0.1, -0.05) is 42.8 Å². The van der Waals surface area contributed by atoms with Crippen molar-refractivity contribution in [2.75, 3.05) is 18.5 Å². The summed E-state index contributed by atoms with van der Waals surface area (Å²) in [5.41, 5.74) is 0.449. The van der Waals surface area contributed by atoms with E-state index in [1.165, 1.54) is 6.92 Å². The Morgan fingerprint density at radius 3 is 2.33 bits per heavy atom. The quantitative estimate of drug-likeness (QED) is 0.652. The summed E-state index contributed by atoms with van der Waals surface area (Å²) in [6.07, 6.45) is -0.141. The Morgan fingerprint density at radius 2 is 1.67 bits per heavy atom. The highest BCUT2D eigenvalue weighted by atomic mass is 35.5. The first-order valence-electron chi connectivity index (χ1n) is 8.60. The van der Waals surface area contributed by atoms with E-state index in [-0.39, 0.29) is 6.61 Å². The van der Waals surface area contributed by atoms with Gasteiger partial charge in [-0.05, 0) is 37.6 Å². The number of anilines is 1. The number of nitrogens with one attached hydrogen (secondary N) is 1. The van der Waals surface area contributed by atoms with Crippen LogP contribution in [-0.2, 0) is 14.3 Å². The molecule has 6 nitrogen and oxygen atoms in total.